The van der Waals surface area contributed by atoms with Gasteiger partial charge in [-0.1, -0.05) is 29.8 Å². The van der Waals surface area contributed by atoms with Gasteiger partial charge in [-0.05, 0) is 74.4 Å². The Kier molecular flexibility index (Phi) is 8.94. The smallest absolute Gasteiger partial charge is 0.191 e. The van der Waals surface area contributed by atoms with Crippen molar-refractivity contribution >= 4 is 46.4 Å². The second-order valence-corrected chi connectivity index (χ2v) is 7.18. The number of methoxy groups -OCH3 is 1. The van der Waals surface area contributed by atoms with Crippen LogP contribution in [0.4, 0.5) is 5.69 Å². The number of benzene rings is 2. The van der Waals surface area contributed by atoms with Crippen LogP contribution < -0.4 is 15.5 Å². The lowest BCUT2D eigenvalue weighted by atomic mass is 10.1. The molecule has 0 heterocycles. The van der Waals surface area contributed by atoms with Gasteiger partial charge in [0.2, 0.25) is 0 Å². The standard InChI is InChI=1S/C21H25ClN4OS/c1-26(2)15-14-19(9-4-16-5-12-20(27-3)13-6-16)24-25-21(28)23-18-10-7-17(22)8-11-18/h4-13H,14-15H2,1-3H3,(H2,23,25,28). The molecule has 0 spiro atoms. The molecule has 2 aromatic rings. The van der Waals surface area contributed by atoms with Gasteiger partial charge in [0.05, 0.1) is 12.8 Å². The summed E-state index contributed by atoms with van der Waals surface area (Å²) in [5.41, 5.74) is 5.72. The predicted molar refractivity (Wildman–Crippen MR) is 123 cm³/mol. The van der Waals surface area contributed by atoms with E-state index in [9.17, 15) is 0 Å². The molecular formula is C21H25ClN4OS. The van der Waals surface area contributed by atoms with Crippen LogP contribution in [0.5, 0.6) is 5.75 Å². The fraction of sp³-hybridized carbons (Fsp3) is 0.238. The second-order valence-electron chi connectivity index (χ2n) is 6.34. The summed E-state index contributed by atoms with van der Waals surface area (Å²) in [6, 6.07) is 15.2. The van der Waals surface area contributed by atoms with Gasteiger partial charge < -0.3 is 15.0 Å². The number of anilines is 1. The van der Waals surface area contributed by atoms with Gasteiger partial charge in [0, 0.05) is 23.7 Å². The van der Waals surface area contributed by atoms with E-state index in [1.165, 1.54) is 0 Å². The van der Waals surface area contributed by atoms with E-state index in [0.29, 0.717) is 10.1 Å². The first-order valence-electron chi connectivity index (χ1n) is 8.82. The van der Waals surface area contributed by atoms with Crippen LogP contribution in [-0.4, -0.2) is 43.5 Å². The van der Waals surface area contributed by atoms with E-state index in [-0.39, 0.29) is 0 Å². The van der Waals surface area contributed by atoms with E-state index >= 15 is 0 Å². The van der Waals surface area contributed by atoms with Crippen LogP contribution in [0.25, 0.3) is 6.08 Å². The minimum Gasteiger partial charge on any atom is -0.497 e. The third-order valence-corrected chi connectivity index (χ3v) is 4.25. The number of halogens is 1. The van der Waals surface area contributed by atoms with Crippen LogP contribution in [0.1, 0.15) is 12.0 Å². The summed E-state index contributed by atoms with van der Waals surface area (Å²) < 4.78 is 5.19. The zero-order chi connectivity index (χ0) is 20.4. The third-order valence-electron chi connectivity index (χ3n) is 3.80. The van der Waals surface area contributed by atoms with Crippen molar-refractivity contribution in [2.75, 3.05) is 33.1 Å². The lowest BCUT2D eigenvalue weighted by molar-refractivity contribution is 0.415. The first kappa shape index (κ1) is 21.9. The number of ether oxygens (including phenoxy) is 1. The van der Waals surface area contributed by atoms with E-state index < -0.39 is 0 Å². The molecule has 2 rings (SSSR count). The van der Waals surface area contributed by atoms with Crippen LogP contribution in [-0.2, 0) is 0 Å². The Balaban J connectivity index is 2.02. The molecule has 0 amide bonds. The average Bonchev–Trinajstić information content (AvgIpc) is 2.69. The quantitative estimate of drug-likeness (QED) is 0.372. The Morgan fingerprint density at radius 1 is 1.14 bits per heavy atom. The van der Waals surface area contributed by atoms with Crippen LogP contribution >= 0.6 is 23.8 Å². The van der Waals surface area contributed by atoms with Gasteiger partial charge >= 0.3 is 0 Å². The summed E-state index contributed by atoms with van der Waals surface area (Å²) in [6.07, 6.45) is 4.80. The van der Waals surface area contributed by atoms with Gasteiger partial charge in [0.1, 0.15) is 5.75 Å². The Bertz CT molecular complexity index is 817. The highest BCUT2D eigenvalue weighted by molar-refractivity contribution is 7.80. The molecule has 0 aromatic heterocycles. The Hall–Kier alpha value is -2.41. The first-order valence-corrected chi connectivity index (χ1v) is 9.61. The predicted octanol–water partition coefficient (Wildman–Crippen LogP) is 4.66. The van der Waals surface area contributed by atoms with E-state index in [4.69, 9.17) is 28.6 Å². The summed E-state index contributed by atoms with van der Waals surface area (Å²) >= 11 is 11.2. The van der Waals surface area contributed by atoms with Crippen LogP contribution in [0.3, 0.4) is 0 Å². The van der Waals surface area contributed by atoms with Gasteiger partial charge in [-0.2, -0.15) is 5.10 Å². The summed E-state index contributed by atoms with van der Waals surface area (Å²) in [7, 11) is 5.72. The third kappa shape index (κ3) is 8.08. The van der Waals surface area contributed by atoms with Crippen molar-refractivity contribution in [1.29, 1.82) is 0 Å². The van der Waals surface area contributed by atoms with Gasteiger partial charge in [-0.3, -0.25) is 5.43 Å². The molecule has 0 bridgehead atoms. The lowest BCUT2D eigenvalue weighted by Crippen LogP contribution is -2.25. The highest BCUT2D eigenvalue weighted by atomic mass is 35.5. The van der Waals surface area contributed by atoms with E-state index in [1.807, 2.05) is 62.6 Å². The zero-order valence-electron chi connectivity index (χ0n) is 16.3. The maximum absolute atomic E-state index is 5.90. The molecule has 148 valence electrons. The van der Waals surface area contributed by atoms with Gasteiger partial charge in [-0.15, -0.1) is 0 Å². The molecule has 0 saturated heterocycles. The Morgan fingerprint density at radius 3 is 2.43 bits per heavy atom. The van der Waals surface area contributed by atoms with Crippen molar-refractivity contribution in [2.24, 2.45) is 5.10 Å². The Morgan fingerprint density at radius 2 is 1.82 bits per heavy atom. The molecule has 0 aliphatic rings. The highest BCUT2D eigenvalue weighted by Gasteiger charge is 2.01. The summed E-state index contributed by atoms with van der Waals surface area (Å²) in [5, 5.41) is 8.64. The largest absolute Gasteiger partial charge is 0.497 e. The fourth-order valence-corrected chi connectivity index (χ4v) is 2.53. The number of nitrogens with zero attached hydrogens (tertiary/aromatic N) is 2. The maximum atomic E-state index is 5.90. The second kappa shape index (κ2) is 11.4. The van der Waals surface area contributed by atoms with Crippen LogP contribution in [0, 0.1) is 0 Å². The lowest BCUT2D eigenvalue weighted by Gasteiger charge is -2.11. The minimum absolute atomic E-state index is 0.419. The molecule has 5 nitrogen and oxygen atoms in total. The Labute approximate surface area is 177 Å². The molecular weight excluding hydrogens is 392 g/mol. The number of nitrogens with one attached hydrogen (secondary N) is 2. The number of hydrogen-bond acceptors (Lipinski definition) is 4. The van der Waals surface area contributed by atoms with Gasteiger partial charge in [0.15, 0.2) is 5.11 Å². The van der Waals surface area contributed by atoms with Crippen LogP contribution in [0.2, 0.25) is 5.02 Å². The van der Waals surface area contributed by atoms with Gasteiger partial charge in [-0.25, -0.2) is 0 Å². The minimum atomic E-state index is 0.419. The fourth-order valence-electron chi connectivity index (χ4n) is 2.24. The van der Waals surface area contributed by atoms with Crippen molar-refractivity contribution in [3.05, 3.63) is 65.2 Å². The SMILES string of the molecule is COc1ccc(C=CC(CCN(C)C)=NNC(=S)Nc2ccc(Cl)cc2)cc1. The average molecular weight is 417 g/mol. The van der Waals surface area contributed by atoms with Crippen molar-refractivity contribution in [2.45, 2.75) is 6.42 Å². The maximum Gasteiger partial charge on any atom is 0.191 e. The van der Waals surface area contributed by atoms with Gasteiger partial charge in [0.25, 0.3) is 0 Å². The molecule has 0 radical (unpaired) electrons. The molecule has 0 aliphatic heterocycles. The molecule has 28 heavy (non-hydrogen) atoms. The molecule has 0 aliphatic carbocycles. The van der Waals surface area contributed by atoms with Crippen molar-refractivity contribution in [1.82, 2.24) is 10.3 Å². The molecule has 0 unspecified atom stereocenters. The van der Waals surface area contributed by atoms with Crippen molar-refractivity contribution in [3.8, 4) is 5.75 Å². The van der Waals surface area contributed by atoms with Crippen molar-refractivity contribution < 1.29 is 4.74 Å². The summed E-state index contributed by atoms with van der Waals surface area (Å²) in [6.45, 7) is 0.880. The normalized spacial score (nSPS) is 11.7. The number of hydrogen-bond donors (Lipinski definition) is 2. The summed E-state index contributed by atoms with van der Waals surface area (Å²) in [5.74, 6) is 0.832. The molecule has 2 aromatic carbocycles. The van der Waals surface area contributed by atoms with E-state index in [1.54, 1.807) is 19.2 Å². The molecule has 7 heteroatoms. The highest BCUT2D eigenvalue weighted by Crippen LogP contribution is 2.14. The molecule has 2 N–H and O–H groups in total. The number of thiocarbonyl (C=S) groups is 1. The zero-order valence-corrected chi connectivity index (χ0v) is 17.8. The molecule has 0 saturated carbocycles. The first-order chi connectivity index (χ1) is 13.5. The number of rotatable bonds is 8. The number of hydrazone groups is 1. The number of allylic oxidation sites excluding steroid dienone is 1. The van der Waals surface area contributed by atoms with E-state index in [2.05, 4.69) is 20.7 Å². The van der Waals surface area contributed by atoms with Crippen LogP contribution in [0.15, 0.2) is 59.7 Å². The monoisotopic (exact) mass is 416 g/mol. The molecule has 0 atom stereocenters. The van der Waals surface area contributed by atoms with Crippen molar-refractivity contribution in [3.63, 3.8) is 0 Å². The summed E-state index contributed by atoms with van der Waals surface area (Å²) in [4.78, 5) is 2.11. The molecule has 0 fully saturated rings. The topological polar surface area (TPSA) is 48.9 Å². The van der Waals surface area contributed by atoms with E-state index in [0.717, 1.165) is 35.7 Å².